The number of hydrogen-bond donors (Lipinski definition) is 1. The molecule has 0 aliphatic carbocycles. The van der Waals surface area contributed by atoms with Crippen molar-refractivity contribution >= 4 is 11.5 Å². The van der Waals surface area contributed by atoms with Gasteiger partial charge in [0.2, 0.25) is 0 Å². The zero-order valence-corrected chi connectivity index (χ0v) is 10.6. The third-order valence-electron chi connectivity index (χ3n) is 3.00. The second-order valence-corrected chi connectivity index (χ2v) is 4.21. The summed E-state index contributed by atoms with van der Waals surface area (Å²) < 4.78 is 0. The number of nitrogen functional groups attached to an aromatic ring is 1. The molecule has 0 fully saturated rings. The monoisotopic (exact) mass is 221 g/mol. The Morgan fingerprint density at radius 2 is 2.19 bits per heavy atom. The standard InChI is InChI=1S/C13H23N3/c1-4-6-10-16(11(3)5-2)12-8-7-9-15-13(12)14/h7-9,11H,4-6,10H2,1-3H3,(H2,14,15). The average molecular weight is 221 g/mol. The number of pyridine rings is 1. The zero-order valence-electron chi connectivity index (χ0n) is 10.6. The largest absolute Gasteiger partial charge is 0.382 e. The van der Waals surface area contributed by atoms with Crippen LogP contribution in [0.4, 0.5) is 11.5 Å². The number of unbranched alkanes of at least 4 members (excludes halogenated alkanes) is 1. The van der Waals surface area contributed by atoms with Crippen molar-refractivity contribution in [1.82, 2.24) is 4.98 Å². The van der Waals surface area contributed by atoms with Crippen LogP contribution in [0.5, 0.6) is 0 Å². The molecule has 3 heteroatoms. The van der Waals surface area contributed by atoms with Crippen LogP contribution in [0.2, 0.25) is 0 Å². The second kappa shape index (κ2) is 6.36. The Kier molecular flexibility index (Phi) is 5.09. The minimum Gasteiger partial charge on any atom is -0.382 e. The number of anilines is 2. The molecule has 0 aromatic carbocycles. The van der Waals surface area contributed by atoms with Crippen LogP contribution in [0, 0.1) is 0 Å². The van der Waals surface area contributed by atoms with E-state index in [1.54, 1.807) is 6.20 Å². The Labute approximate surface area is 98.7 Å². The first-order chi connectivity index (χ1) is 7.70. The van der Waals surface area contributed by atoms with Gasteiger partial charge in [0.15, 0.2) is 0 Å². The van der Waals surface area contributed by atoms with E-state index in [4.69, 9.17) is 5.73 Å². The van der Waals surface area contributed by atoms with Crippen LogP contribution >= 0.6 is 0 Å². The van der Waals surface area contributed by atoms with Crippen LogP contribution in [0.3, 0.4) is 0 Å². The fourth-order valence-electron chi connectivity index (χ4n) is 1.78. The van der Waals surface area contributed by atoms with Gasteiger partial charge in [0.1, 0.15) is 5.82 Å². The van der Waals surface area contributed by atoms with Gasteiger partial charge in [-0.05, 0) is 31.9 Å². The molecule has 3 nitrogen and oxygen atoms in total. The summed E-state index contributed by atoms with van der Waals surface area (Å²) in [4.78, 5) is 6.53. The minimum atomic E-state index is 0.512. The van der Waals surface area contributed by atoms with E-state index in [2.05, 4.69) is 36.7 Å². The summed E-state index contributed by atoms with van der Waals surface area (Å²) in [6.45, 7) is 7.71. The second-order valence-electron chi connectivity index (χ2n) is 4.21. The van der Waals surface area contributed by atoms with Crippen molar-refractivity contribution < 1.29 is 0 Å². The van der Waals surface area contributed by atoms with Gasteiger partial charge in [0, 0.05) is 18.8 Å². The summed E-state index contributed by atoms with van der Waals surface area (Å²) in [7, 11) is 0. The SMILES string of the molecule is CCCCN(c1cccnc1N)C(C)CC. The predicted molar refractivity (Wildman–Crippen MR) is 70.7 cm³/mol. The summed E-state index contributed by atoms with van der Waals surface area (Å²) >= 11 is 0. The molecule has 1 unspecified atom stereocenters. The van der Waals surface area contributed by atoms with Crippen molar-refractivity contribution in [2.75, 3.05) is 17.2 Å². The maximum atomic E-state index is 5.93. The van der Waals surface area contributed by atoms with E-state index >= 15 is 0 Å². The highest BCUT2D eigenvalue weighted by Gasteiger charge is 2.14. The third kappa shape index (κ3) is 3.12. The molecule has 1 aromatic rings. The van der Waals surface area contributed by atoms with Crippen molar-refractivity contribution in [2.24, 2.45) is 0 Å². The van der Waals surface area contributed by atoms with Crippen molar-refractivity contribution in [3.63, 3.8) is 0 Å². The van der Waals surface area contributed by atoms with Gasteiger partial charge in [-0.3, -0.25) is 0 Å². The molecule has 1 rings (SSSR count). The maximum Gasteiger partial charge on any atom is 0.146 e. The van der Waals surface area contributed by atoms with E-state index in [1.807, 2.05) is 6.07 Å². The van der Waals surface area contributed by atoms with E-state index in [0.29, 0.717) is 11.9 Å². The molecule has 1 atom stereocenters. The van der Waals surface area contributed by atoms with E-state index in [-0.39, 0.29) is 0 Å². The van der Waals surface area contributed by atoms with Crippen molar-refractivity contribution in [1.29, 1.82) is 0 Å². The van der Waals surface area contributed by atoms with E-state index in [9.17, 15) is 0 Å². The highest BCUT2D eigenvalue weighted by Crippen LogP contribution is 2.23. The van der Waals surface area contributed by atoms with Gasteiger partial charge in [-0.2, -0.15) is 0 Å². The fourth-order valence-corrected chi connectivity index (χ4v) is 1.78. The number of nitrogens with two attached hydrogens (primary N) is 1. The summed E-state index contributed by atoms with van der Waals surface area (Å²) in [6, 6.07) is 4.52. The number of rotatable bonds is 6. The topological polar surface area (TPSA) is 42.2 Å². The van der Waals surface area contributed by atoms with E-state index in [0.717, 1.165) is 18.7 Å². The maximum absolute atomic E-state index is 5.93. The molecule has 0 bridgehead atoms. The van der Waals surface area contributed by atoms with Crippen LogP contribution in [-0.2, 0) is 0 Å². The lowest BCUT2D eigenvalue weighted by Gasteiger charge is -2.31. The molecule has 90 valence electrons. The normalized spacial score (nSPS) is 12.4. The molecule has 0 saturated heterocycles. The number of aromatic nitrogens is 1. The first-order valence-electron chi connectivity index (χ1n) is 6.17. The molecule has 1 heterocycles. The molecule has 0 aliphatic rings. The molecule has 2 N–H and O–H groups in total. The number of hydrogen-bond acceptors (Lipinski definition) is 3. The van der Waals surface area contributed by atoms with Gasteiger partial charge in [-0.15, -0.1) is 0 Å². The molecule has 0 spiro atoms. The average Bonchev–Trinajstić information content (AvgIpc) is 2.31. The Morgan fingerprint density at radius 3 is 2.75 bits per heavy atom. The highest BCUT2D eigenvalue weighted by atomic mass is 15.2. The first kappa shape index (κ1) is 12.8. The van der Waals surface area contributed by atoms with Crippen molar-refractivity contribution in [2.45, 2.75) is 46.1 Å². The molecule has 16 heavy (non-hydrogen) atoms. The molecule has 0 saturated carbocycles. The Hall–Kier alpha value is -1.25. The first-order valence-corrected chi connectivity index (χ1v) is 6.17. The Balaban J connectivity index is 2.87. The Morgan fingerprint density at radius 1 is 1.44 bits per heavy atom. The molecule has 0 radical (unpaired) electrons. The lowest BCUT2D eigenvalue weighted by molar-refractivity contribution is 0.596. The summed E-state index contributed by atoms with van der Waals surface area (Å²) in [5, 5.41) is 0. The summed E-state index contributed by atoms with van der Waals surface area (Å²) in [5.74, 6) is 0.638. The van der Waals surface area contributed by atoms with Gasteiger partial charge >= 0.3 is 0 Å². The van der Waals surface area contributed by atoms with Crippen molar-refractivity contribution in [3.05, 3.63) is 18.3 Å². The zero-order chi connectivity index (χ0) is 12.0. The fraction of sp³-hybridized carbons (Fsp3) is 0.615. The van der Waals surface area contributed by atoms with Crippen LogP contribution in [-0.4, -0.2) is 17.6 Å². The molecule has 1 aromatic heterocycles. The predicted octanol–water partition coefficient (Wildman–Crippen LogP) is 3.07. The highest BCUT2D eigenvalue weighted by molar-refractivity contribution is 5.63. The van der Waals surface area contributed by atoms with Crippen molar-refractivity contribution in [3.8, 4) is 0 Å². The van der Waals surface area contributed by atoms with Crippen LogP contribution in [0.25, 0.3) is 0 Å². The van der Waals surface area contributed by atoms with Gasteiger partial charge in [0.25, 0.3) is 0 Å². The number of nitrogens with zero attached hydrogens (tertiary/aromatic N) is 2. The smallest absolute Gasteiger partial charge is 0.146 e. The van der Waals surface area contributed by atoms with Gasteiger partial charge in [-0.25, -0.2) is 4.98 Å². The van der Waals surface area contributed by atoms with E-state index < -0.39 is 0 Å². The minimum absolute atomic E-state index is 0.512. The van der Waals surface area contributed by atoms with Crippen LogP contribution in [0.15, 0.2) is 18.3 Å². The van der Waals surface area contributed by atoms with Gasteiger partial charge in [0.05, 0.1) is 5.69 Å². The van der Waals surface area contributed by atoms with E-state index in [1.165, 1.54) is 12.8 Å². The van der Waals surface area contributed by atoms with Crippen LogP contribution in [0.1, 0.15) is 40.0 Å². The van der Waals surface area contributed by atoms with Crippen LogP contribution < -0.4 is 10.6 Å². The summed E-state index contributed by atoms with van der Waals surface area (Å²) in [5.41, 5.74) is 7.01. The lowest BCUT2D eigenvalue weighted by Crippen LogP contribution is -2.34. The molecule has 0 aliphatic heterocycles. The molecule has 0 amide bonds. The van der Waals surface area contributed by atoms with Gasteiger partial charge in [-0.1, -0.05) is 20.3 Å². The molecular formula is C13H23N3. The quantitative estimate of drug-likeness (QED) is 0.802. The molecular weight excluding hydrogens is 198 g/mol. The lowest BCUT2D eigenvalue weighted by atomic mass is 10.1. The third-order valence-corrected chi connectivity index (χ3v) is 3.00. The van der Waals surface area contributed by atoms with Gasteiger partial charge < -0.3 is 10.6 Å². The Bertz CT molecular complexity index is 312. The summed E-state index contributed by atoms with van der Waals surface area (Å²) in [6.07, 6.45) is 5.26.